The quantitative estimate of drug-likeness (QED) is 0.702. The van der Waals surface area contributed by atoms with Gasteiger partial charge in [0, 0.05) is 37.3 Å². The molecule has 0 spiro atoms. The van der Waals surface area contributed by atoms with E-state index in [9.17, 15) is 14.4 Å². The first-order valence-corrected chi connectivity index (χ1v) is 10.4. The van der Waals surface area contributed by atoms with Gasteiger partial charge in [0.1, 0.15) is 5.01 Å². The zero-order valence-electron chi connectivity index (χ0n) is 16.9. The normalized spacial score (nSPS) is 17.2. The van der Waals surface area contributed by atoms with Crippen molar-refractivity contribution >= 4 is 34.2 Å². The first-order chi connectivity index (χ1) is 13.7. The van der Waals surface area contributed by atoms with E-state index in [1.165, 1.54) is 4.90 Å². The first kappa shape index (κ1) is 19.5. The highest BCUT2D eigenvalue weighted by molar-refractivity contribution is 7.15. The van der Waals surface area contributed by atoms with Gasteiger partial charge in [0.05, 0.1) is 11.1 Å². The number of hydrogen-bond acceptors (Lipinski definition) is 7. The predicted molar refractivity (Wildman–Crippen MR) is 109 cm³/mol. The highest BCUT2D eigenvalue weighted by atomic mass is 32.1. The number of imide groups is 1. The van der Waals surface area contributed by atoms with Crippen LogP contribution in [-0.4, -0.2) is 69.4 Å². The van der Waals surface area contributed by atoms with Gasteiger partial charge in [-0.05, 0) is 45.9 Å². The van der Waals surface area contributed by atoms with Crippen LogP contribution in [0.15, 0.2) is 18.2 Å². The molecule has 0 N–H and O–H groups in total. The number of fused-ring (bicyclic) bond motifs is 1. The third-order valence-electron chi connectivity index (χ3n) is 5.16. The smallest absolute Gasteiger partial charge is 0.262 e. The van der Waals surface area contributed by atoms with Crippen LogP contribution in [0.1, 0.15) is 56.9 Å². The van der Waals surface area contributed by atoms with Crippen molar-refractivity contribution < 1.29 is 14.4 Å². The molecule has 0 unspecified atom stereocenters. The molecule has 0 bridgehead atoms. The molecular weight excluding hydrogens is 390 g/mol. The molecule has 1 aromatic carbocycles. The SMILES string of the molecule is Cc1nnc(N2CCN(C(=O)c3ccc4c(c3)C(=O)N(C(C)(C)C)C4=O)CC2)s1. The molecule has 1 fully saturated rings. The molecule has 0 atom stereocenters. The first-order valence-electron chi connectivity index (χ1n) is 9.54. The van der Waals surface area contributed by atoms with Gasteiger partial charge in [-0.1, -0.05) is 11.3 Å². The maximum Gasteiger partial charge on any atom is 0.262 e. The molecule has 3 heterocycles. The van der Waals surface area contributed by atoms with E-state index in [0.29, 0.717) is 42.9 Å². The number of anilines is 1. The molecule has 0 aliphatic carbocycles. The fourth-order valence-electron chi connectivity index (χ4n) is 3.68. The maximum atomic E-state index is 13.0. The number of hydrogen-bond donors (Lipinski definition) is 0. The second kappa shape index (κ2) is 6.91. The number of aryl methyl sites for hydroxylation is 1. The van der Waals surface area contributed by atoms with E-state index in [0.717, 1.165) is 10.1 Å². The Labute approximate surface area is 173 Å². The van der Waals surface area contributed by atoms with Crippen LogP contribution in [0.2, 0.25) is 0 Å². The van der Waals surface area contributed by atoms with Gasteiger partial charge in [0.2, 0.25) is 5.13 Å². The third kappa shape index (κ3) is 3.39. The Balaban J connectivity index is 1.50. The van der Waals surface area contributed by atoms with Gasteiger partial charge < -0.3 is 9.80 Å². The molecule has 1 aromatic heterocycles. The van der Waals surface area contributed by atoms with Crippen LogP contribution in [-0.2, 0) is 0 Å². The second-order valence-corrected chi connectivity index (χ2v) is 9.42. The summed E-state index contributed by atoms with van der Waals surface area (Å²) in [6.45, 7) is 9.87. The van der Waals surface area contributed by atoms with E-state index < -0.39 is 5.54 Å². The lowest BCUT2D eigenvalue weighted by atomic mass is 10.0. The minimum absolute atomic E-state index is 0.129. The van der Waals surface area contributed by atoms with Gasteiger partial charge in [-0.15, -0.1) is 10.2 Å². The number of aromatic nitrogens is 2. The van der Waals surface area contributed by atoms with Crippen molar-refractivity contribution in [2.24, 2.45) is 0 Å². The molecule has 2 aromatic rings. The van der Waals surface area contributed by atoms with Gasteiger partial charge in [-0.25, -0.2) is 0 Å². The topological polar surface area (TPSA) is 86.7 Å². The average molecular weight is 414 g/mol. The summed E-state index contributed by atoms with van der Waals surface area (Å²) in [5.74, 6) is -0.781. The summed E-state index contributed by atoms with van der Waals surface area (Å²) >= 11 is 1.54. The molecule has 152 valence electrons. The Morgan fingerprint density at radius 1 is 1.00 bits per heavy atom. The largest absolute Gasteiger partial charge is 0.343 e. The molecule has 2 aliphatic heterocycles. The maximum absolute atomic E-state index is 13.0. The summed E-state index contributed by atoms with van der Waals surface area (Å²) in [5, 5.41) is 10.0. The molecule has 0 saturated carbocycles. The molecular formula is C20H23N5O3S. The Morgan fingerprint density at radius 2 is 1.66 bits per heavy atom. The van der Waals surface area contributed by atoms with Crippen molar-refractivity contribution in [2.75, 3.05) is 31.1 Å². The molecule has 4 rings (SSSR count). The van der Waals surface area contributed by atoms with Crippen LogP contribution in [0, 0.1) is 6.92 Å². The predicted octanol–water partition coefficient (Wildman–Crippen LogP) is 2.20. The minimum Gasteiger partial charge on any atom is -0.343 e. The fraction of sp³-hybridized carbons (Fsp3) is 0.450. The molecule has 3 amide bonds. The van der Waals surface area contributed by atoms with Gasteiger partial charge in [-0.2, -0.15) is 0 Å². The van der Waals surface area contributed by atoms with E-state index in [4.69, 9.17) is 0 Å². The second-order valence-electron chi connectivity index (χ2n) is 8.26. The van der Waals surface area contributed by atoms with Crippen LogP contribution in [0.25, 0.3) is 0 Å². The zero-order valence-corrected chi connectivity index (χ0v) is 17.7. The fourth-order valence-corrected chi connectivity index (χ4v) is 4.42. The van der Waals surface area contributed by atoms with Crippen molar-refractivity contribution in [2.45, 2.75) is 33.2 Å². The standard InChI is InChI=1S/C20H23N5O3S/c1-12-21-22-19(29-12)24-9-7-23(8-10-24)16(26)13-5-6-14-15(11-13)18(28)25(17(14)27)20(2,3)4/h5-6,11H,7-10H2,1-4H3. The zero-order chi connectivity index (χ0) is 20.9. The summed E-state index contributed by atoms with van der Waals surface area (Å²) in [6.07, 6.45) is 0. The molecule has 29 heavy (non-hydrogen) atoms. The van der Waals surface area contributed by atoms with Crippen LogP contribution >= 0.6 is 11.3 Å². The van der Waals surface area contributed by atoms with Gasteiger partial charge in [-0.3, -0.25) is 19.3 Å². The van der Waals surface area contributed by atoms with Gasteiger partial charge in [0.25, 0.3) is 17.7 Å². The van der Waals surface area contributed by atoms with Crippen molar-refractivity contribution in [1.82, 2.24) is 20.0 Å². The van der Waals surface area contributed by atoms with Gasteiger partial charge >= 0.3 is 0 Å². The number of amides is 3. The van der Waals surface area contributed by atoms with Crippen molar-refractivity contribution in [3.63, 3.8) is 0 Å². The Kier molecular flexibility index (Phi) is 4.65. The minimum atomic E-state index is -0.614. The van der Waals surface area contributed by atoms with Crippen molar-refractivity contribution in [1.29, 1.82) is 0 Å². The number of nitrogens with zero attached hydrogens (tertiary/aromatic N) is 5. The van der Waals surface area contributed by atoms with E-state index in [1.54, 1.807) is 34.4 Å². The van der Waals surface area contributed by atoms with Crippen LogP contribution in [0.5, 0.6) is 0 Å². The Hall–Kier alpha value is -2.81. The molecule has 2 aliphatic rings. The Bertz CT molecular complexity index is 1000. The Morgan fingerprint density at radius 3 is 2.24 bits per heavy atom. The summed E-state index contributed by atoms with van der Waals surface area (Å²) in [4.78, 5) is 43.5. The highest BCUT2D eigenvalue weighted by Gasteiger charge is 2.42. The summed E-state index contributed by atoms with van der Waals surface area (Å²) in [5.41, 5.74) is 0.481. The van der Waals surface area contributed by atoms with E-state index >= 15 is 0 Å². The summed E-state index contributed by atoms with van der Waals surface area (Å²) in [7, 11) is 0. The van der Waals surface area contributed by atoms with E-state index in [-0.39, 0.29) is 17.7 Å². The van der Waals surface area contributed by atoms with Gasteiger partial charge in [0.15, 0.2) is 0 Å². The molecule has 1 saturated heterocycles. The van der Waals surface area contributed by atoms with Crippen molar-refractivity contribution in [3.8, 4) is 0 Å². The number of piperazine rings is 1. The highest BCUT2D eigenvalue weighted by Crippen LogP contribution is 2.30. The molecule has 0 radical (unpaired) electrons. The van der Waals surface area contributed by atoms with E-state index in [1.807, 2.05) is 27.7 Å². The number of benzene rings is 1. The number of rotatable bonds is 2. The lowest BCUT2D eigenvalue weighted by Gasteiger charge is -2.34. The molecule has 8 nitrogen and oxygen atoms in total. The average Bonchev–Trinajstić information content (AvgIpc) is 3.22. The van der Waals surface area contributed by atoms with Crippen molar-refractivity contribution in [3.05, 3.63) is 39.9 Å². The number of carbonyl (C=O) groups is 3. The van der Waals surface area contributed by atoms with Crippen LogP contribution in [0.3, 0.4) is 0 Å². The summed E-state index contributed by atoms with van der Waals surface area (Å²) in [6, 6.07) is 4.79. The number of carbonyl (C=O) groups excluding carboxylic acids is 3. The lowest BCUT2D eigenvalue weighted by Crippen LogP contribution is -2.48. The molecule has 9 heteroatoms. The van der Waals surface area contributed by atoms with Crippen LogP contribution in [0.4, 0.5) is 5.13 Å². The van der Waals surface area contributed by atoms with Crippen LogP contribution < -0.4 is 4.90 Å². The monoisotopic (exact) mass is 413 g/mol. The van der Waals surface area contributed by atoms with E-state index in [2.05, 4.69) is 15.1 Å². The lowest BCUT2D eigenvalue weighted by molar-refractivity contribution is 0.0507. The summed E-state index contributed by atoms with van der Waals surface area (Å²) < 4.78 is 0. The third-order valence-corrected chi connectivity index (χ3v) is 6.06.